The molecule has 0 aliphatic rings. The molecule has 1 N–H and O–H groups in total. The molecule has 0 aliphatic carbocycles. The van der Waals surface area contributed by atoms with Crippen LogP contribution in [0.15, 0.2) is 24.3 Å². The highest BCUT2D eigenvalue weighted by atomic mass is 16.7. The van der Waals surface area contributed by atoms with Crippen LogP contribution in [0.4, 0.5) is 0 Å². The van der Waals surface area contributed by atoms with Gasteiger partial charge >= 0.3 is 0 Å². The Morgan fingerprint density at radius 3 is 2.17 bits per heavy atom. The molecule has 4 heteroatoms. The van der Waals surface area contributed by atoms with Crippen molar-refractivity contribution in [2.75, 3.05) is 26.9 Å². The fourth-order valence-electron chi connectivity index (χ4n) is 1.59. The molecule has 0 bridgehead atoms. The lowest BCUT2D eigenvalue weighted by Gasteiger charge is -2.17. The molecule has 0 radical (unpaired) electrons. The maximum absolute atomic E-state index is 5.64. The summed E-state index contributed by atoms with van der Waals surface area (Å²) in [7, 11) is 1.93. The molecule has 0 atom stereocenters. The van der Waals surface area contributed by atoms with Crippen LogP contribution in [0, 0.1) is 0 Å². The van der Waals surface area contributed by atoms with Crippen LogP contribution in [0.2, 0.25) is 0 Å². The Kier molecular flexibility index (Phi) is 7.41. The second kappa shape index (κ2) is 8.91. The Balaban J connectivity index is 2.41. The highest BCUT2D eigenvalue weighted by Gasteiger charge is 2.08. The summed E-state index contributed by atoms with van der Waals surface area (Å²) in [5.74, 6) is 0.833. The fourth-order valence-corrected chi connectivity index (χ4v) is 1.59. The van der Waals surface area contributed by atoms with Gasteiger partial charge in [0, 0.05) is 19.8 Å². The van der Waals surface area contributed by atoms with Crippen molar-refractivity contribution in [3.05, 3.63) is 29.8 Å². The van der Waals surface area contributed by atoms with E-state index in [1.165, 1.54) is 5.56 Å². The van der Waals surface area contributed by atoms with Gasteiger partial charge in [0.2, 0.25) is 0 Å². The Labute approximate surface area is 109 Å². The first-order valence-corrected chi connectivity index (χ1v) is 6.39. The standard InChI is InChI=1S/C14H23NO3/c1-4-16-14(17-5-2)11-18-13-8-6-12(7-9-13)10-15-3/h6-9,14-15H,4-5,10-11H2,1-3H3. The van der Waals surface area contributed by atoms with Crippen molar-refractivity contribution in [1.82, 2.24) is 5.32 Å². The number of benzene rings is 1. The van der Waals surface area contributed by atoms with E-state index in [0.29, 0.717) is 19.8 Å². The zero-order valence-electron chi connectivity index (χ0n) is 11.4. The van der Waals surface area contributed by atoms with Gasteiger partial charge in [-0.1, -0.05) is 12.1 Å². The van der Waals surface area contributed by atoms with Gasteiger partial charge in [-0.2, -0.15) is 0 Å². The van der Waals surface area contributed by atoms with Crippen molar-refractivity contribution >= 4 is 0 Å². The van der Waals surface area contributed by atoms with Crippen molar-refractivity contribution in [1.29, 1.82) is 0 Å². The molecule has 0 spiro atoms. The van der Waals surface area contributed by atoms with Gasteiger partial charge in [0.1, 0.15) is 12.4 Å². The monoisotopic (exact) mass is 253 g/mol. The molecule has 0 saturated carbocycles. The summed E-state index contributed by atoms with van der Waals surface area (Å²) in [4.78, 5) is 0. The van der Waals surface area contributed by atoms with Crippen LogP contribution in [-0.4, -0.2) is 33.2 Å². The van der Waals surface area contributed by atoms with Gasteiger partial charge in [0.05, 0.1) is 0 Å². The first-order valence-electron chi connectivity index (χ1n) is 6.39. The number of rotatable bonds is 9. The topological polar surface area (TPSA) is 39.7 Å². The van der Waals surface area contributed by atoms with E-state index in [-0.39, 0.29) is 6.29 Å². The lowest BCUT2D eigenvalue weighted by molar-refractivity contribution is -0.152. The van der Waals surface area contributed by atoms with Crippen molar-refractivity contribution in [3.63, 3.8) is 0 Å². The highest BCUT2D eigenvalue weighted by molar-refractivity contribution is 5.27. The van der Waals surface area contributed by atoms with Gasteiger partial charge in [0.15, 0.2) is 6.29 Å². The lowest BCUT2D eigenvalue weighted by atomic mass is 10.2. The average molecular weight is 253 g/mol. The Morgan fingerprint density at radius 1 is 1.06 bits per heavy atom. The van der Waals surface area contributed by atoms with E-state index >= 15 is 0 Å². The normalized spacial score (nSPS) is 10.9. The van der Waals surface area contributed by atoms with E-state index in [2.05, 4.69) is 5.32 Å². The van der Waals surface area contributed by atoms with Crippen molar-refractivity contribution in [2.45, 2.75) is 26.7 Å². The quantitative estimate of drug-likeness (QED) is 0.685. The van der Waals surface area contributed by atoms with E-state index in [1.54, 1.807) is 0 Å². The summed E-state index contributed by atoms with van der Waals surface area (Å²) >= 11 is 0. The molecule has 1 aromatic carbocycles. The molecule has 0 aliphatic heterocycles. The van der Waals surface area contributed by atoms with Crippen LogP contribution in [-0.2, 0) is 16.0 Å². The average Bonchev–Trinajstić information content (AvgIpc) is 2.38. The summed E-state index contributed by atoms with van der Waals surface area (Å²) in [5, 5.41) is 3.11. The number of hydrogen-bond donors (Lipinski definition) is 1. The predicted molar refractivity (Wildman–Crippen MR) is 71.7 cm³/mol. The van der Waals surface area contributed by atoms with Crippen LogP contribution in [0.1, 0.15) is 19.4 Å². The third kappa shape index (κ3) is 5.49. The smallest absolute Gasteiger partial charge is 0.191 e. The zero-order valence-corrected chi connectivity index (χ0v) is 11.4. The van der Waals surface area contributed by atoms with Gasteiger partial charge in [-0.15, -0.1) is 0 Å². The van der Waals surface area contributed by atoms with Crippen molar-refractivity contribution in [2.24, 2.45) is 0 Å². The van der Waals surface area contributed by atoms with Gasteiger partial charge in [-0.05, 0) is 38.6 Å². The molecule has 0 aromatic heterocycles. The maximum Gasteiger partial charge on any atom is 0.191 e. The largest absolute Gasteiger partial charge is 0.488 e. The zero-order chi connectivity index (χ0) is 13.2. The molecule has 0 fully saturated rings. The third-order valence-electron chi connectivity index (χ3n) is 2.40. The van der Waals surface area contributed by atoms with Crippen LogP contribution in [0.5, 0.6) is 5.75 Å². The first-order chi connectivity index (χ1) is 8.80. The summed E-state index contributed by atoms with van der Waals surface area (Å²) in [5.41, 5.74) is 1.23. The summed E-state index contributed by atoms with van der Waals surface area (Å²) < 4.78 is 16.5. The lowest BCUT2D eigenvalue weighted by Crippen LogP contribution is -2.25. The predicted octanol–water partition coefficient (Wildman–Crippen LogP) is 2.18. The molecular weight excluding hydrogens is 230 g/mol. The molecule has 18 heavy (non-hydrogen) atoms. The molecular formula is C14H23NO3. The Bertz CT molecular complexity index is 307. The minimum Gasteiger partial charge on any atom is -0.488 e. The van der Waals surface area contributed by atoms with Crippen LogP contribution < -0.4 is 10.1 Å². The van der Waals surface area contributed by atoms with E-state index in [4.69, 9.17) is 14.2 Å². The second-order valence-corrected chi connectivity index (χ2v) is 3.83. The van der Waals surface area contributed by atoms with Gasteiger partial charge in [0.25, 0.3) is 0 Å². The first kappa shape index (κ1) is 15.0. The number of hydrogen-bond acceptors (Lipinski definition) is 4. The van der Waals surface area contributed by atoms with Gasteiger partial charge < -0.3 is 19.5 Å². The second-order valence-electron chi connectivity index (χ2n) is 3.83. The summed E-state index contributed by atoms with van der Waals surface area (Å²) in [6, 6.07) is 8.01. The third-order valence-corrected chi connectivity index (χ3v) is 2.40. The number of nitrogens with one attached hydrogen (secondary N) is 1. The summed E-state index contributed by atoms with van der Waals surface area (Å²) in [6.07, 6.45) is -0.294. The van der Waals surface area contributed by atoms with Crippen LogP contribution >= 0.6 is 0 Å². The molecule has 102 valence electrons. The van der Waals surface area contributed by atoms with Gasteiger partial charge in [-0.3, -0.25) is 0 Å². The van der Waals surface area contributed by atoms with E-state index in [9.17, 15) is 0 Å². The molecule has 1 aromatic rings. The molecule has 1 rings (SSSR count). The SMILES string of the molecule is CCOC(COc1ccc(CNC)cc1)OCC. The summed E-state index contributed by atoms with van der Waals surface area (Å²) in [6.45, 7) is 6.40. The van der Waals surface area contributed by atoms with E-state index in [1.807, 2.05) is 45.2 Å². The Morgan fingerprint density at radius 2 is 1.67 bits per heavy atom. The molecule has 0 heterocycles. The molecule has 0 amide bonds. The van der Waals surface area contributed by atoms with E-state index < -0.39 is 0 Å². The minimum absolute atomic E-state index is 0.294. The van der Waals surface area contributed by atoms with Gasteiger partial charge in [-0.25, -0.2) is 0 Å². The molecule has 0 saturated heterocycles. The Hall–Kier alpha value is -1.10. The van der Waals surface area contributed by atoms with Crippen molar-refractivity contribution in [3.8, 4) is 5.75 Å². The van der Waals surface area contributed by atoms with Crippen LogP contribution in [0.3, 0.4) is 0 Å². The molecule has 0 unspecified atom stereocenters. The van der Waals surface area contributed by atoms with E-state index in [0.717, 1.165) is 12.3 Å². The number of ether oxygens (including phenoxy) is 3. The molecule has 4 nitrogen and oxygen atoms in total. The van der Waals surface area contributed by atoms with Crippen LogP contribution in [0.25, 0.3) is 0 Å². The minimum atomic E-state index is -0.294. The van der Waals surface area contributed by atoms with Crippen molar-refractivity contribution < 1.29 is 14.2 Å². The highest BCUT2D eigenvalue weighted by Crippen LogP contribution is 2.13. The maximum atomic E-state index is 5.64. The fraction of sp³-hybridized carbons (Fsp3) is 0.571.